The van der Waals surface area contributed by atoms with Gasteiger partial charge in [-0.1, -0.05) is 6.92 Å². The SMILES string of the molecule is CCN(CC(C)C(=O)O)C(=O)NC1CCC(=O)NC1=O. The highest BCUT2D eigenvalue weighted by molar-refractivity contribution is 6.01. The first kappa shape index (κ1) is 15.9. The number of nitrogens with zero attached hydrogens (tertiary/aromatic N) is 1. The lowest BCUT2D eigenvalue weighted by atomic mass is 10.1. The largest absolute Gasteiger partial charge is 0.481 e. The molecule has 4 amide bonds. The number of hydrogen-bond donors (Lipinski definition) is 3. The van der Waals surface area contributed by atoms with E-state index in [0.717, 1.165) is 0 Å². The van der Waals surface area contributed by atoms with Crippen LogP contribution >= 0.6 is 0 Å². The van der Waals surface area contributed by atoms with E-state index >= 15 is 0 Å². The number of hydrogen-bond acceptors (Lipinski definition) is 4. The second-order valence-corrected chi connectivity index (χ2v) is 4.73. The molecule has 1 rings (SSSR count). The third kappa shape index (κ3) is 4.22. The fourth-order valence-electron chi connectivity index (χ4n) is 1.84. The van der Waals surface area contributed by atoms with Gasteiger partial charge in [0.1, 0.15) is 6.04 Å². The van der Waals surface area contributed by atoms with E-state index in [9.17, 15) is 19.2 Å². The van der Waals surface area contributed by atoms with Crippen molar-refractivity contribution in [3.8, 4) is 0 Å². The first-order valence-electron chi connectivity index (χ1n) is 6.47. The summed E-state index contributed by atoms with van der Waals surface area (Å²) in [4.78, 5) is 46.6. The van der Waals surface area contributed by atoms with Gasteiger partial charge in [0.05, 0.1) is 5.92 Å². The van der Waals surface area contributed by atoms with Gasteiger partial charge in [-0.05, 0) is 13.3 Å². The predicted octanol–water partition coefficient (Wildman–Crippen LogP) is -0.456. The molecule has 1 fully saturated rings. The van der Waals surface area contributed by atoms with Crippen LogP contribution in [0.25, 0.3) is 0 Å². The number of carboxylic acid groups (broad SMARTS) is 1. The number of amides is 4. The Morgan fingerprint density at radius 1 is 1.50 bits per heavy atom. The van der Waals surface area contributed by atoms with Crippen LogP contribution in [-0.2, 0) is 14.4 Å². The van der Waals surface area contributed by atoms with Crippen LogP contribution < -0.4 is 10.6 Å². The van der Waals surface area contributed by atoms with Crippen molar-refractivity contribution in [3.63, 3.8) is 0 Å². The summed E-state index contributed by atoms with van der Waals surface area (Å²) in [6.07, 6.45) is 0.427. The zero-order chi connectivity index (χ0) is 15.3. The molecule has 1 saturated heterocycles. The summed E-state index contributed by atoms with van der Waals surface area (Å²) in [5.41, 5.74) is 0. The fraction of sp³-hybridized carbons (Fsp3) is 0.667. The highest BCUT2D eigenvalue weighted by Crippen LogP contribution is 2.06. The molecule has 2 unspecified atom stereocenters. The van der Waals surface area contributed by atoms with Crippen molar-refractivity contribution < 1.29 is 24.3 Å². The monoisotopic (exact) mass is 285 g/mol. The number of carbonyl (C=O) groups is 4. The molecule has 0 spiro atoms. The number of aliphatic carboxylic acids is 1. The second-order valence-electron chi connectivity index (χ2n) is 4.73. The molecule has 112 valence electrons. The second kappa shape index (κ2) is 6.88. The molecule has 3 N–H and O–H groups in total. The van der Waals surface area contributed by atoms with Crippen LogP contribution in [0.2, 0.25) is 0 Å². The minimum absolute atomic E-state index is 0.0605. The molecule has 8 heteroatoms. The van der Waals surface area contributed by atoms with E-state index in [0.29, 0.717) is 6.54 Å². The highest BCUT2D eigenvalue weighted by Gasteiger charge is 2.29. The molecular weight excluding hydrogens is 266 g/mol. The first-order chi connectivity index (χ1) is 9.35. The van der Waals surface area contributed by atoms with Gasteiger partial charge < -0.3 is 15.3 Å². The molecule has 0 aromatic heterocycles. The first-order valence-corrected chi connectivity index (χ1v) is 6.47. The van der Waals surface area contributed by atoms with Gasteiger partial charge in [0.2, 0.25) is 11.8 Å². The van der Waals surface area contributed by atoms with Crippen LogP contribution in [-0.4, -0.2) is 53.0 Å². The predicted molar refractivity (Wildman–Crippen MR) is 68.8 cm³/mol. The normalized spacial score (nSPS) is 20.0. The summed E-state index contributed by atoms with van der Waals surface area (Å²) in [7, 11) is 0. The number of imide groups is 1. The van der Waals surface area contributed by atoms with Gasteiger partial charge in [0, 0.05) is 19.5 Å². The van der Waals surface area contributed by atoms with Crippen LogP contribution in [0.3, 0.4) is 0 Å². The number of carboxylic acids is 1. The lowest BCUT2D eigenvalue weighted by molar-refractivity contribution is -0.141. The molecule has 0 radical (unpaired) electrons. The summed E-state index contributed by atoms with van der Waals surface area (Å²) in [5, 5.41) is 13.5. The summed E-state index contributed by atoms with van der Waals surface area (Å²) >= 11 is 0. The molecule has 20 heavy (non-hydrogen) atoms. The van der Waals surface area contributed by atoms with E-state index < -0.39 is 29.9 Å². The van der Waals surface area contributed by atoms with Crippen LogP contribution in [0.5, 0.6) is 0 Å². The van der Waals surface area contributed by atoms with Crippen molar-refractivity contribution in [1.29, 1.82) is 0 Å². The fourth-order valence-corrected chi connectivity index (χ4v) is 1.84. The van der Waals surface area contributed by atoms with E-state index in [-0.39, 0.29) is 25.3 Å². The Hall–Kier alpha value is -2.12. The molecule has 1 aliphatic heterocycles. The molecule has 0 aromatic carbocycles. The van der Waals surface area contributed by atoms with Crippen LogP contribution in [0.15, 0.2) is 0 Å². The zero-order valence-corrected chi connectivity index (χ0v) is 11.5. The van der Waals surface area contributed by atoms with Gasteiger partial charge in [0.15, 0.2) is 0 Å². The van der Waals surface area contributed by atoms with E-state index in [2.05, 4.69) is 10.6 Å². The van der Waals surface area contributed by atoms with Crippen molar-refractivity contribution >= 4 is 23.8 Å². The van der Waals surface area contributed by atoms with Crippen LogP contribution in [0.4, 0.5) is 4.79 Å². The van der Waals surface area contributed by atoms with Crippen LogP contribution in [0.1, 0.15) is 26.7 Å². The Bertz CT molecular complexity index is 423. The maximum absolute atomic E-state index is 12.0. The molecule has 0 bridgehead atoms. The third-order valence-electron chi connectivity index (χ3n) is 3.12. The van der Waals surface area contributed by atoms with Crippen molar-refractivity contribution in [2.24, 2.45) is 5.92 Å². The smallest absolute Gasteiger partial charge is 0.318 e. The van der Waals surface area contributed by atoms with Gasteiger partial charge in [-0.15, -0.1) is 0 Å². The molecular formula is C12H19N3O5. The number of nitrogens with one attached hydrogen (secondary N) is 2. The van der Waals surface area contributed by atoms with Crippen molar-refractivity contribution in [2.45, 2.75) is 32.7 Å². The summed E-state index contributed by atoms with van der Waals surface area (Å²) in [6.45, 7) is 3.62. The summed E-state index contributed by atoms with van der Waals surface area (Å²) in [5.74, 6) is -2.57. The molecule has 8 nitrogen and oxygen atoms in total. The van der Waals surface area contributed by atoms with Crippen molar-refractivity contribution in [1.82, 2.24) is 15.5 Å². The average molecular weight is 285 g/mol. The lowest BCUT2D eigenvalue weighted by Gasteiger charge is -2.27. The highest BCUT2D eigenvalue weighted by atomic mass is 16.4. The van der Waals surface area contributed by atoms with Gasteiger partial charge in [-0.3, -0.25) is 19.7 Å². The van der Waals surface area contributed by atoms with Crippen molar-refractivity contribution in [2.75, 3.05) is 13.1 Å². The van der Waals surface area contributed by atoms with Crippen molar-refractivity contribution in [3.05, 3.63) is 0 Å². The number of rotatable bonds is 5. The van der Waals surface area contributed by atoms with Gasteiger partial charge in [-0.25, -0.2) is 4.79 Å². The number of urea groups is 1. The van der Waals surface area contributed by atoms with Gasteiger partial charge >= 0.3 is 12.0 Å². The van der Waals surface area contributed by atoms with Crippen LogP contribution in [0, 0.1) is 5.92 Å². The minimum atomic E-state index is -0.989. The van der Waals surface area contributed by atoms with E-state index in [4.69, 9.17) is 5.11 Å². The minimum Gasteiger partial charge on any atom is -0.481 e. The third-order valence-corrected chi connectivity index (χ3v) is 3.12. The standard InChI is InChI=1S/C12H19N3O5/c1-3-15(6-7(2)11(18)19)12(20)13-8-4-5-9(16)14-10(8)17/h7-8H,3-6H2,1-2H3,(H,13,20)(H,18,19)(H,14,16,17). The average Bonchev–Trinajstić information content (AvgIpc) is 2.38. The Kier molecular flexibility index (Phi) is 5.48. The van der Waals surface area contributed by atoms with Gasteiger partial charge in [0.25, 0.3) is 0 Å². The quantitative estimate of drug-likeness (QED) is 0.591. The zero-order valence-electron chi connectivity index (χ0n) is 11.5. The molecule has 0 saturated carbocycles. The molecule has 0 aromatic rings. The Balaban J connectivity index is 2.57. The number of piperidine rings is 1. The maximum Gasteiger partial charge on any atom is 0.318 e. The van der Waals surface area contributed by atoms with E-state index in [1.54, 1.807) is 6.92 Å². The lowest BCUT2D eigenvalue weighted by Crippen LogP contribution is -2.55. The molecule has 2 atom stereocenters. The Labute approximate surface area is 116 Å². The Morgan fingerprint density at radius 2 is 2.15 bits per heavy atom. The topological polar surface area (TPSA) is 116 Å². The Morgan fingerprint density at radius 3 is 2.65 bits per heavy atom. The molecule has 1 aliphatic rings. The van der Waals surface area contributed by atoms with Gasteiger partial charge in [-0.2, -0.15) is 0 Å². The summed E-state index contributed by atoms with van der Waals surface area (Å²) < 4.78 is 0. The van der Waals surface area contributed by atoms with E-state index in [1.165, 1.54) is 11.8 Å². The maximum atomic E-state index is 12.0. The summed E-state index contributed by atoms with van der Waals surface area (Å²) in [6, 6.07) is -1.26. The molecule has 0 aliphatic carbocycles. The van der Waals surface area contributed by atoms with E-state index in [1.807, 2.05) is 0 Å². The number of carbonyl (C=O) groups excluding carboxylic acids is 3. The molecule has 1 heterocycles.